The maximum Gasteiger partial charge on any atom is 0.270 e. The van der Waals surface area contributed by atoms with E-state index in [1.807, 2.05) is 35.7 Å². The van der Waals surface area contributed by atoms with Crippen molar-refractivity contribution in [1.29, 1.82) is 0 Å². The van der Waals surface area contributed by atoms with Gasteiger partial charge in [-0.05, 0) is 48.5 Å². The van der Waals surface area contributed by atoms with Crippen LogP contribution in [0.3, 0.4) is 0 Å². The Hall–Kier alpha value is -1.92. The number of benzene rings is 1. The molecule has 0 spiro atoms. The Labute approximate surface area is 151 Å². The first-order valence-corrected chi connectivity index (χ1v) is 9.39. The molecule has 0 unspecified atom stereocenters. The van der Waals surface area contributed by atoms with Crippen LogP contribution in [0, 0.1) is 5.92 Å². The molecule has 0 bridgehead atoms. The van der Waals surface area contributed by atoms with Crippen LogP contribution >= 0.6 is 23.6 Å². The maximum atomic E-state index is 12.4. The van der Waals surface area contributed by atoms with E-state index in [1.165, 1.54) is 10.4 Å². The molecule has 2 aromatic rings. The van der Waals surface area contributed by atoms with E-state index < -0.39 is 0 Å². The average Bonchev–Trinajstić information content (AvgIpc) is 3.01. The fourth-order valence-electron chi connectivity index (χ4n) is 2.87. The van der Waals surface area contributed by atoms with Crippen molar-refractivity contribution in [3.63, 3.8) is 0 Å². The van der Waals surface area contributed by atoms with Gasteiger partial charge in [0.05, 0.1) is 5.56 Å². The minimum atomic E-state index is -0.120. The van der Waals surface area contributed by atoms with Crippen LogP contribution in [0.2, 0.25) is 0 Å². The lowest BCUT2D eigenvalue weighted by Crippen LogP contribution is -2.46. The standard InChI is InChI=1S/C18H21N3OS2/c1-12-7-8-14-15(11-24-16(14)9-12)17(22)20-21-18(23)19-10-13-5-3-2-4-6-13/h2-6,11-12H,7-10H2,1H3,(H,20,22)(H2,19,21,23)/t12-/m0/s1. The molecule has 126 valence electrons. The molecule has 6 heteroatoms. The monoisotopic (exact) mass is 359 g/mol. The van der Waals surface area contributed by atoms with Gasteiger partial charge in [-0.15, -0.1) is 11.3 Å². The fraction of sp³-hybridized carbons (Fsp3) is 0.333. The van der Waals surface area contributed by atoms with Crippen LogP contribution in [0.5, 0.6) is 0 Å². The summed E-state index contributed by atoms with van der Waals surface area (Å²) in [7, 11) is 0. The Kier molecular flexibility index (Phi) is 5.48. The van der Waals surface area contributed by atoms with Crippen molar-refractivity contribution in [3.05, 3.63) is 57.3 Å². The first-order chi connectivity index (χ1) is 11.6. The van der Waals surface area contributed by atoms with E-state index in [2.05, 4.69) is 23.1 Å². The lowest BCUT2D eigenvalue weighted by Gasteiger charge is -2.19. The molecular weight excluding hydrogens is 338 g/mol. The average molecular weight is 360 g/mol. The normalized spacial score (nSPS) is 16.1. The van der Waals surface area contributed by atoms with Crippen molar-refractivity contribution in [2.45, 2.75) is 32.7 Å². The summed E-state index contributed by atoms with van der Waals surface area (Å²) in [6.07, 6.45) is 3.21. The van der Waals surface area contributed by atoms with Crippen LogP contribution in [0.25, 0.3) is 0 Å². The predicted octanol–water partition coefficient (Wildman–Crippen LogP) is 3.18. The molecule has 24 heavy (non-hydrogen) atoms. The third kappa shape index (κ3) is 4.13. The van der Waals surface area contributed by atoms with Crippen LogP contribution in [0.4, 0.5) is 0 Å². The highest BCUT2D eigenvalue weighted by Crippen LogP contribution is 2.32. The molecule has 1 aromatic carbocycles. The highest BCUT2D eigenvalue weighted by Gasteiger charge is 2.23. The molecule has 1 aromatic heterocycles. The van der Waals surface area contributed by atoms with Crippen LogP contribution in [-0.4, -0.2) is 11.0 Å². The van der Waals surface area contributed by atoms with E-state index in [-0.39, 0.29) is 5.91 Å². The highest BCUT2D eigenvalue weighted by molar-refractivity contribution is 7.80. The van der Waals surface area contributed by atoms with Gasteiger partial charge in [0.15, 0.2) is 5.11 Å². The van der Waals surface area contributed by atoms with Gasteiger partial charge in [0.1, 0.15) is 0 Å². The zero-order valence-electron chi connectivity index (χ0n) is 13.6. The number of amides is 1. The molecular formula is C18H21N3OS2. The number of nitrogens with one attached hydrogen (secondary N) is 3. The van der Waals surface area contributed by atoms with Gasteiger partial charge in [-0.1, -0.05) is 37.3 Å². The second kappa shape index (κ2) is 7.77. The summed E-state index contributed by atoms with van der Waals surface area (Å²) in [5.74, 6) is 0.589. The summed E-state index contributed by atoms with van der Waals surface area (Å²) in [6.45, 7) is 2.88. The van der Waals surface area contributed by atoms with Crippen LogP contribution in [0.15, 0.2) is 35.7 Å². The van der Waals surface area contributed by atoms with E-state index in [9.17, 15) is 4.79 Å². The van der Waals surface area contributed by atoms with Gasteiger partial charge in [0.25, 0.3) is 5.91 Å². The molecule has 3 N–H and O–H groups in total. The number of fused-ring (bicyclic) bond motifs is 1. The SMILES string of the molecule is C[C@H]1CCc2c(C(=O)NNC(=S)NCc3ccccc3)csc2C1. The molecule has 1 amide bonds. The van der Waals surface area contributed by atoms with Crippen molar-refractivity contribution in [1.82, 2.24) is 16.2 Å². The molecule has 0 aliphatic heterocycles. The maximum absolute atomic E-state index is 12.4. The molecule has 4 nitrogen and oxygen atoms in total. The number of carbonyl (C=O) groups excluding carboxylic acids is 1. The number of hydrogen-bond donors (Lipinski definition) is 3. The van der Waals surface area contributed by atoms with Gasteiger partial charge in [-0.3, -0.25) is 15.6 Å². The number of rotatable bonds is 3. The topological polar surface area (TPSA) is 53.2 Å². The van der Waals surface area contributed by atoms with E-state index >= 15 is 0 Å². The van der Waals surface area contributed by atoms with Gasteiger partial charge in [-0.25, -0.2) is 0 Å². The lowest BCUT2D eigenvalue weighted by atomic mass is 9.88. The summed E-state index contributed by atoms with van der Waals surface area (Å²) >= 11 is 6.89. The van der Waals surface area contributed by atoms with Gasteiger partial charge >= 0.3 is 0 Å². The van der Waals surface area contributed by atoms with Crippen molar-refractivity contribution in [2.75, 3.05) is 0 Å². The molecule has 1 heterocycles. The fourth-order valence-corrected chi connectivity index (χ4v) is 4.24. The quantitative estimate of drug-likeness (QED) is 0.582. The Morgan fingerprint density at radius 2 is 2.08 bits per heavy atom. The predicted molar refractivity (Wildman–Crippen MR) is 102 cm³/mol. The molecule has 1 aliphatic rings. The van der Waals surface area contributed by atoms with Gasteiger partial charge in [0.2, 0.25) is 0 Å². The Morgan fingerprint density at radius 3 is 2.88 bits per heavy atom. The van der Waals surface area contributed by atoms with Crippen LogP contribution in [0.1, 0.15) is 39.7 Å². The van der Waals surface area contributed by atoms with Crippen molar-refractivity contribution < 1.29 is 4.79 Å². The smallest absolute Gasteiger partial charge is 0.270 e. The van der Waals surface area contributed by atoms with Crippen molar-refractivity contribution >= 4 is 34.6 Å². The minimum absolute atomic E-state index is 0.120. The van der Waals surface area contributed by atoms with Crippen molar-refractivity contribution in [2.24, 2.45) is 5.92 Å². The summed E-state index contributed by atoms with van der Waals surface area (Å²) < 4.78 is 0. The van der Waals surface area contributed by atoms with E-state index in [1.54, 1.807) is 11.3 Å². The lowest BCUT2D eigenvalue weighted by molar-refractivity contribution is 0.0943. The summed E-state index contributed by atoms with van der Waals surface area (Å²) in [5, 5.41) is 5.44. The Bertz CT molecular complexity index is 727. The largest absolute Gasteiger partial charge is 0.357 e. The molecule has 0 fully saturated rings. The van der Waals surface area contributed by atoms with Crippen LogP contribution in [-0.2, 0) is 19.4 Å². The molecule has 0 saturated heterocycles. The Balaban J connectivity index is 1.50. The third-order valence-corrected chi connectivity index (χ3v) is 5.53. The van der Waals surface area contributed by atoms with E-state index in [0.29, 0.717) is 17.6 Å². The van der Waals surface area contributed by atoms with Gasteiger partial charge in [-0.2, -0.15) is 0 Å². The molecule has 1 aliphatic carbocycles. The summed E-state index contributed by atoms with van der Waals surface area (Å²) in [5.41, 5.74) is 8.60. The molecule has 0 saturated carbocycles. The molecule has 3 rings (SSSR count). The number of thiocarbonyl (C=S) groups is 1. The first kappa shape index (κ1) is 16.9. The number of carbonyl (C=O) groups is 1. The van der Waals surface area contributed by atoms with Crippen molar-refractivity contribution in [3.8, 4) is 0 Å². The van der Waals surface area contributed by atoms with E-state index in [0.717, 1.165) is 30.4 Å². The molecule has 1 atom stereocenters. The zero-order chi connectivity index (χ0) is 16.9. The van der Waals surface area contributed by atoms with Crippen LogP contribution < -0.4 is 16.2 Å². The van der Waals surface area contributed by atoms with Gasteiger partial charge < -0.3 is 5.32 Å². The zero-order valence-corrected chi connectivity index (χ0v) is 15.2. The first-order valence-electron chi connectivity index (χ1n) is 8.11. The second-order valence-corrected chi connectivity index (χ2v) is 7.52. The second-order valence-electron chi connectivity index (χ2n) is 6.15. The Morgan fingerprint density at radius 1 is 1.29 bits per heavy atom. The van der Waals surface area contributed by atoms with Gasteiger partial charge in [0, 0.05) is 16.8 Å². The summed E-state index contributed by atoms with van der Waals surface area (Å²) in [4.78, 5) is 13.7. The van der Waals surface area contributed by atoms with E-state index in [4.69, 9.17) is 12.2 Å². The number of hydrazine groups is 1. The third-order valence-electron chi connectivity index (χ3n) is 4.23. The number of thiophene rings is 1. The minimum Gasteiger partial charge on any atom is -0.357 e. The summed E-state index contributed by atoms with van der Waals surface area (Å²) in [6, 6.07) is 9.98. The highest BCUT2D eigenvalue weighted by atomic mass is 32.1. The number of hydrogen-bond acceptors (Lipinski definition) is 3. The molecule has 0 radical (unpaired) electrons.